The Morgan fingerprint density at radius 2 is 2.05 bits per heavy atom. The van der Waals surface area contributed by atoms with Gasteiger partial charge in [0.15, 0.2) is 0 Å². The average molecular weight is 335 g/mol. The minimum atomic E-state index is -0.170. The van der Waals surface area contributed by atoms with Gasteiger partial charge in [-0.3, -0.25) is 4.79 Å². The van der Waals surface area contributed by atoms with Gasteiger partial charge in [-0.1, -0.05) is 30.3 Å². The number of nitrogens with zero attached hydrogens (tertiary/aromatic N) is 1. The van der Waals surface area contributed by atoms with E-state index in [-0.39, 0.29) is 11.7 Å². The van der Waals surface area contributed by atoms with Crippen molar-refractivity contribution in [2.75, 3.05) is 7.11 Å². The van der Waals surface area contributed by atoms with Crippen molar-refractivity contribution in [2.45, 2.75) is 18.9 Å². The summed E-state index contributed by atoms with van der Waals surface area (Å²) >= 11 is 3.33. The van der Waals surface area contributed by atoms with Crippen LogP contribution in [0.5, 0.6) is 0 Å². The second-order valence-corrected chi connectivity index (χ2v) is 5.77. The van der Waals surface area contributed by atoms with Gasteiger partial charge in [0.25, 0.3) is 5.56 Å². The van der Waals surface area contributed by atoms with Crippen LogP contribution in [0.25, 0.3) is 11.3 Å². The molecule has 1 aromatic heterocycles. The topological polar surface area (TPSA) is 55.0 Å². The van der Waals surface area contributed by atoms with Crippen LogP contribution in [-0.2, 0) is 4.74 Å². The molecule has 0 radical (unpaired) electrons. The molecule has 0 saturated heterocycles. The molecule has 5 heteroatoms. The lowest BCUT2D eigenvalue weighted by molar-refractivity contribution is 0.0770. The first kappa shape index (κ1) is 13.5. The van der Waals surface area contributed by atoms with E-state index in [1.165, 1.54) is 0 Å². The van der Waals surface area contributed by atoms with Gasteiger partial charge in [-0.05, 0) is 34.7 Å². The molecule has 1 unspecified atom stereocenters. The van der Waals surface area contributed by atoms with Crippen molar-refractivity contribution in [1.29, 1.82) is 0 Å². The summed E-state index contributed by atoms with van der Waals surface area (Å²) in [5.41, 5.74) is 1.40. The molecule has 1 fully saturated rings. The highest BCUT2D eigenvalue weighted by Gasteiger charge is 2.34. The number of ether oxygens (including phenoxy) is 1. The molecule has 1 heterocycles. The molecule has 0 aliphatic heterocycles. The molecule has 3 rings (SSSR count). The summed E-state index contributed by atoms with van der Waals surface area (Å²) in [5.74, 6) is 1.08. The zero-order valence-corrected chi connectivity index (χ0v) is 12.7. The van der Waals surface area contributed by atoms with Gasteiger partial charge in [0.2, 0.25) is 0 Å². The molecular formula is C15H15BrN2O2. The second-order valence-electron chi connectivity index (χ2n) is 4.97. The minimum absolute atomic E-state index is 0.127. The van der Waals surface area contributed by atoms with E-state index in [1.54, 1.807) is 7.11 Å². The lowest BCUT2D eigenvalue weighted by Crippen LogP contribution is -2.18. The van der Waals surface area contributed by atoms with E-state index in [2.05, 4.69) is 25.9 Å². The van der Waals surface area contributed by atoms with Crippen LogP contribution in [0.3, 0.4) is 0 Å². The summed E-state index contributed by atoms with van der Waals surface area (Å²) in [7, 11) is 1.66. The van der Waals surface area contributed by atoms with Crippen LogP contribution >= 0.6 is 15.9 Å². The largest absolute Gasteiger partial charge is 0.373 e. The van der Waals surface area contributed by atoms with E-state index >= 15 is 0 Å². The van der Waals surface area contributed by atoms with E-state index in [0.717, 1.165) is 18.4 Å². The maximum absolute atomic E-state index is 12.1. The van der Waals surface area contributed by atoms with E-state index in [9.17, 15) is 4.79 Å². The predicted octanol–water partition coefficient (Wildman–Crippen LogP) is 3.30. The summed E-state index contributed by atoms with van der Waals surface area (Å²) in [6.07, 6.45) is 2.12. The summed E-state index contributed by atoms with van der Waals surface area (Å²) in [4.78, 5) is 19.5. The van der Waals surface area contributed by atoms with Gasteiger partial charge in [0.05, 0.1) is 5.69 Å². The first-order valence-electron chi connectivity index (χ1n) is 6.58. The Morgan fingerprint density at radius 3 is 2.65 bits per heavy atom. The molecule has 0 amide bonds. The number of benzene rings is 1. The number of aromatic nitrogens is 2. The van der Waals surface area contributed by atoms with Crippen LogP contribution in [0.4, 0.5) is 0 Å². The standard InChI is InChI=1S/C15H15BrN2O2/c1-20-13(10-7-8-10)14-17-12(11(16)15(19)18-14)9-5-3-2-4-6-9/h2-6,10,13H,7-8H2,1H3,(H,17,18,19). The van der Waals surface area contributed by atoms with Gasteiger partial charge in [-0.15, -0.1) is 0 Å². The highest BCUT2D eigenvalue weighted by Crippen LogP contribution is 2.42. The third-order valence-electron chi connectivity index (χ3n) is 3.50. The van der Waals surface area contributed by atoms with Crippen molar-refractivity contribution in [3.63, 3.8) is 0 Å². The van der Waals surface area contributed by atoms with Crippen LogP contribution < -0.4 is 5.56 Å². The Hall–Kier alpha value is -1.46. The van der Waals surface area contributed by atoms with Crippen molar-refractivity contribution in [3.05, 3.63) is 51.0 Å². The molecule has 1 saturated carbocycles. The molecule has 1 aliphatic carbocycles. The number of nitrogens with one attached hydrogen (secondary N) is 1. The molecule has 0 spiro atoms. The van der Waals surface area contributed by atoms with Gasteiger partial charge in [0.1, 0.15) is 16.4 Å². The molecular weight excluding hydrogens is 320 g/mol. The Kier molecular flexibility index (Phi) is 3.72. The fourth-order valence-corrected chi connectivity index (χ4v) is 2.74. The number of halogens is 1. The molecule has 20 heavy (non-hydrogen) atoms. The van der Waals surface area contributed by atoms with Gasteiger partial charge < -0.3 is 9.72 Å². The average Bonchev–Trinajstić information content (AvgIpc) is 3.29. The van der Waals surface area contributed by atoms with E-state index in [1.807, 2.05) is 30.3 Å². The lowest BCUT2D eigenvalue weighted by atomic mass is 10.1. The Morgan fingerprint density at radius 1 is 1.35 bits per heavy atom. The first-order valence-corrected chi connectivity index (χ1v) is 7.38. The van der Waals surface area contributed by atoms with E-state index in [4.69, 9.17) is 4.74 Å². The molecule has 1 atom stereocenters. The van der Waals surface area contributed by atoms with Crippen LogP contribution in [0.1, 0.15) is 24.8 Å². The fourth-order valence-electron chi connectivity index (χ4n) is 2.32. The van der Waals surface area contributed by atoms with E-state index in [0.29, 0.717) is 21.9 Å². The number of methoxy groups -OCH3 is 1. The molecule has 104 valence electrons. The van der Waals surface area contributed by atoms with Crippen molar-refractivity contribution < 1.29 is 4.74 Å². The third kappa shape index (κ3) is 2.55. The summed E-state index contributed by atoms with van der Waals surface area (Å²) in [5, 5.41) is 0. The summed E-state index contributed by atoms with van der Waals surface area (Å²) in [6.45, 7) is 0. The fraction of sp³-hybridized carbons (Fsp3) is 0.333. The van der Waals surface area contributed by atoms with Crippen molar-refractivity contribution in [3.8, 4) is 11.3 Å². The number of rotatable bonds is 4. The number of hydrogen-bond acceptors (Lipinski definition) is 3. The Labute approximate surface area is 125 Å². The van der Waals surface area contributed by atoms with Crippen molar-refractivity contribution >= 4 is 15.9 Å². The third-order valence-corrected chi connectivity index (χ3v) is 4.24. The highest BCUT2D eigenvalue weighted by atomic mass is 79.9. The predicted molar refractivity (Wildman–Crippen MR) is 80.5 cm³/mol. The van der Waals surface area contributed by atoms with Gasteiger partial charge in [0, 0.05) is 12.7 Å². The van der Waals surface area contributed by atoms with Crippen LogP contribution in [0.2, 0.25) is 0 Å². The Bertz CT molecular complexity index is 665. The van der Waals surface area contributed by atoms with Gasteiger partial charge in [-0.25, -0.2) is 4.98 Å². The summed E-state index contributed by atoms with van der Waals surface area (Å²) < 4.78 is 5.95. The van der Waals surface area contributed by atoms with Crippen LogP contribution in [0, 0.1) is 5.92 Å². The zero-order valence-electron chi connectivity index (χ0n) is 11.1. The van der Waals surface area contributed by atoms with Gasteiger partial charge >= 0.3 is 0 Å². The monoisotopic (exact) mass is 334 g/mol. The molecule has 1 aromatic carbocycles. The van der Waals surface area contributed by atoms with Gasteiger partial charge in [-0.2, -0.15) is 0 Å². The lowest BCUT2D eigenvalue weighted by Gasteiger charge is -2.15. The zero-order chi connectivity index (χ0) is 14.1. The number of hydrogen-bond donors (Lipinski definition) is 1. The van der Waals surface area contributed by atoms with Crippen molar-refractivity contribution in [2.24, 2.45) is 5.92 Å². The minimum Gasteiger partial charge on any atom is -0.373 e. The normalized spacial score (nSPS) is 16.1. The maximum Gasteiger partial charge on any atom is 0.265 e. The van der Waals surface area contributed by atoms with E-state index < -0.39 is 0 Å². The Balaban J connectivity index is 2.10. The SMILES string of the molecule is COC(c1nc(-c2ccccc2)c(Br)c(=O)[nH]1)C1CC1. The van der Waals surface area contributed by atoms with Crippen LogP contribution in [-0.4, -0.2) is 17.1 Å². The molecule has 1 N–H and O–H groups in total. The number of aromatic amines is 1. The molecule has 2 aromatic rings. The maximum atomic E-state index is 12.1. The molecule has 1 aliphatic rings. The first-order chi connectivity index (χ1) is 9.70. The summed E-state index contributed by atoms with van der Waals surface area (Å²) in [6, 6.07) is 9.68. The van der Waals surface area contributed by atoms with Crippen LogP contribution in [0.15, 0.2) is 39.6 Å². The highest BCUT2D eigenvalue weighted by molar-refractivity contribution is 9.10. The molecule has 0 bridgehead atoms. The molecule has 4 nitrogen and oxygen atoms in total. The quantitative estimate of drug-likeness (QED) is 0.933. The second kappa shape index (κ2) is 5.50. The smallest absolute Gasteiger partial charge is 0.265 e. The van der Waals surface area contributed by atoms with Crippen molar-refractivity contribution in [1.82, 2.24) is 9.97 Å². The number of H-pyrrole nitrogens is 1.